The molecule has 2 rings (SSSR count). The summed E-state index contributed by atoms with van der Waals surface area (Å²) in [5, 5.41) is 3.65. The summed E-state index contributed by atoms with van der Waals surface area (Å²) >= 11 is 7.08. The second-order valence-electron chi connectivity index (χ2n) is 4.46. The maximum atomic E-state index is 3.65. The molecule has 0 atom stereocenters. The summed E-state index contributed by atoms with van der Waals surface area (Å²) in [6.45, 7) is 0. The maximum Gasteiger partial charge on any atom is 0.0487 e. The van der Waals surface area contributed by atoms with Crippen LogP contribution >= 0.6 is 31.9 Å². The summed E-state index contributed by atoms with van der Waals surface area (Å²) < 4.78 is 2.26. The van der Waals surface area contributed by atoms with Gasteiger partial charge in [0.25, 0.3) is 0 Å². The zero-order valence-corrected chi connectivity index (χ0v) is 12.5. The fourth-order valence-corrected chi connectivity index (χ4v) is 3.41. The van der Waals surface area contributed by atoms with E-state index in [4.69, 9.17) is 0 Å². The van der Waals surface area contributed by atoms with Crippen LogP contribution in [0.2, 0.25) is 0 Å². The summed E-state index contributed by atoms with van der Waals surface area (Å²) in [6, 6.07) is 6.97. The van der Waals surface area contributed by atoms with Crippen LogP contribution < -0.4 is 5.32 Å². The number of hydrogen-bond donors (Lipinski definition) is 1. The molecule has 1 saturated carbocycles. The quantitative estimate of drug-likeness (QED) is 0.712. The Balaban J connectivity index is 2.01. The van der Waals surface area contributed by atoms with E-state index >= 15 is 0 Å². The van der Waals surface area contributed by atoms with Gasteiger partial charge >= 0.3 is 0 Å². The standard InChI is InChI=1S/C13H17Br2N/c14-10-7-8-13(12(15)9-10)16-11-5-3-1-2-4-6-11/h7-9,11,16H,1-6H2. The lowest BCUT2D eigenvalue weighted by atomic mass is 10.1. The Morgan fingerprint density at radius 3 is 2.31 bits per heavy atom. The maximum absolute atomic E-state index is 3.65. The van der Waals surface area contributed by atoms with E-state index < -0.39 is 0 Å². The molecule has 1 aromatic rings. The minimum Gasteiger partial charge on any atom is -0.381 e. The molecule has 0 spiro atoms. The van der Waals surface area contributed by atoms with Crippen molar-refractivity contribution in [3.63, 3.8) is 0 Å². The first-order chi connectivity index (χ1) is 7.75. The van der Waals surface area contributed by atoms with Crippen LogP contribution in [0.3, 0.4) is 0 Å². The third-order valence-corrected chi connectivity index (χ3v) is 4.30. The molecule has 88 valence electrons. The van der Waals surface area contributed by atoms with Gasteiger partial charge in [-0.05, 0) is 47.0 Å². The van der Waals surface area contributed by atoms with Gasteiger partial charge in [-0.1, -0.05) is 41.6 Å². The number of benzene rings is 1. The zero-order valence-electron chi connectivity index (χ0n) is 9.31. The van der Waals surface area contributed by atoms with Crippen LogP contribution in [0.15, 0.2) is 27.1 Å². The lowest BCUT2D eigenvalue weighted by molar-refractivity contribution is 0.620. The highest BCUT2D eigenvalue weighted by molar-refractivity contribution is 9.11. The van der Waals surface area contributed by atoms with Crippen LogP contribution in [-0.4, -0.2) is 6.04 Å². The zero-order chi connectivity index (χ0) is 11.4. The highest BCUT2D eigenvalue weighted by Gasteiger charge is 2.12. The van der Waals surface area contributed by atoms with Crippen molar-refractivity contribution in [3.8, 4) is 0 Å². The van der Waals surface area contributed by atoms with E-state index in [9.17, 15) is 0 Å². The van der Waals surface area contributed by atoms with Gasteiger partial charge in [0, 0.05) is 20.7 Å². The van der Waals surface area contributed by atoms with E-state index in [0.717, 1.165) is 8.95 Å². The number of rotatable bonds is 2. The van der Waals surface area contributed by atoms with Crippen molar-refractivity contribution >= 4 is 37.5 Å². The normalized spacial score (nSPS) is 18.1. The molecule has 0 radical (unpaired) electrons. The Labute approximate surface area is 114 Å². The predicted octanol–water partition coefficient (Wildman–Crippen LogP) is 5.35. The molecule has 0 aliphatic heterocycles. The molecule has 1 fully saturated rings. The van der Waals surface area contributed by atoms with Gasteiger partial charge in [0.1, 0.15) is 0 Å². The van der Waals surface area contributed by atoms with Crippen LogP contribution in [0, 0.1) is 0 Å². The van der Waals surface area contributed by atoms with Crippen molar-refractivity contribution in [1.82, 2.24) is 0 Å². The van der Waals surface area contributed by atoms with E-state index in [1.54, 1.807) is 0 Å². The van der Waals surface area contributed by atoms with Gasteiger partial charge in [0.05, 0.1) is 0 Å². The Kier molecular flexibility index (Phi) is 4.71. The fraction of sp³-hybridized carbons (Fsp3) is 0.538. The van der Waals surface area contributed by atoms with Crippen LogP contribution in [0.4, 0.5) is 5.69 Å². The van der Waals surface area contributed by atoms with Gasteiger partial charge < -0.3 is 5.32 Å². The lowest BCUT2D eigenvalue weighted by Gasteiger charge is -2.18. The van der Waals surface area contributed by atoms with Crippen molar-refractivity contribution < 1.29 is 0 Å². The van der Waals surface area contributed by atoms with Gasteiger partial charge in [0.15, 0.2) is 0 Å². The van der Waals surface area contributed by atoms with Crippen LogP contribution in [-0.2, 0) is 0 Å². The van der Waals surface area contributed by atoms with Gasteiger partial charge in [-0.15, -0.1) is 0 Å². The molecule has 0 unspecified atom stereocenters. The first-order valence-corrected chi connectivity index (χ1v) is 7.56. The Hall–Kier alpha value is -0.0200. The van der Waals surface area contributed by atoms with E-state index in [1.807, 2.05) is 0 Å². The summed E-state index contributed by atoms with van der Waals surface area (Å²) in [4.78, 5) is 0. The van der Waals surface area contributed by atoms with Gasteiger partial charge in [-0.3, -0.25) is 0 Å². The van der Waals surface area contributed by atoms with Crippen molar-refractivity contribution in [1.29, 1.82) is 0 Å². The van der Waals surface area contributed by atoms with Gasteiger partial charge in [0.2, 0.25) is 0 Å². The van der Waals surface area contributed by atoms with Crippen molar-refractivity contribution in [2.45, 2.75) is 44.6 Å². The first kappa shape index (κ1) is 12.4. The van der Waals surface area contributed by atoms with Gasteiger partial charge in [-0.2, -0.15) is 0 Å². The second kappa shape index (κ2) is 6.06. The minimum absolute atomic E-state index is 0.653. The molecule has 0 aromatic heterocycles. The minimum atomic E-state index is 0.653. The predicted molar refractivity (Wildman–Crippen MR) is 77.0 cm³/mol. The second-order valence-corrected chi connectivity index (χ2v) is 6.23. The number of halogens is 2. The van der Waals surface area contributed by atoms with Crippen molar-refractivity contribution in [2.24, 2.45) is 0 Å². The first-order valence-electron chi connectivity index (χ1n) is 5.97. The Bertz CT molecular complexity index is 344. The average Bonchev–Trinajstić information content (AvgIpc) is 2.51. The third-order valence-electron chi connectivity index (χ3n) is 3.15. The van der Waals surface area contributed by atoms with E-state index in [1.165, 1.54) is 44.2 Å². The van der Waals surface area contributed by atoms with Crippen molar-refractivity contribution in [3.05, 3.63) is 27.1 Å². The molecular weight excluding hydrogens is 330 g/mol. The molecule has 0 bridgehead atoms. The lowest BCUT2D eigenvalue weighted by Crippen LogP contribution is -2.18. The van der Waals surface area contributed by atoms with Crippen LogP contribution in [0.25, 0.3) is 0 Å². The Morgan fingerprint density at radius 1 is 1.00 bits per heavy atom. The molecule has 1 N–H and O–H groups in total. The summed E-state index contributed by atoms with van der Waals surface area (Å²) in [5.41, 5.74) is 1.22. The molecule has 0 heterocycles. The highest BCUT2D eigenvalue weighted by atomic mass is 79.9. The topological polar surface area (TPSA) is 12.0 Å². The monoisotopic (exact) mass is 345 g/mol. The molecule has 16 heavy (non-hydrogen) atoms. The summed E-state index contributed by atoms with van der Waals surface area (Å²) in [6.07, 6.45) is 8.15. The average molecular weight is 347 g/mol. The van der Waals surface area contributed by atoms with E-state index in [0.29, 0.717) is 6.04 Å². The third kappa shape index (κ3) is 3.49. The van der Waals surface area contributed by atoms with Crippen LogP contribution in [0.5, 0.6) is 0 Å². The molecule has 1 aromatic carbocycles. The molecule has 1 aliphatic rings. The molecule has 1 aliphatic carbocycles. The molecular formula is C13H17Br2N. The van der Waals surface area contributed by atoms with E-state index in [2.05, 4.69) is 55.4 Å². The molecule has 0 amide bonds. The van der Waals surface area contributed by atoms with E-state index in [-0.39, 0.29) is 0 Å². The largest absolute Gasteiger partial charge is 0.381 e. The summed E-state index contributed by atoms with van der Waals surface area (Å²) in [7, 11) is 0. The van der Waals surface area contributed by atoms with Crippen LogP contribution in [0.1, 0.15) is 38.5 Å². The van der Waals surface area contributed by atoms with Crippen molar-refractivity contribution in [2.75, 3.05) is 5.32 Å². The smallest absolute Gasteiger partial charge is 0.0487 e. The molecule has 3 heteroatoms. The molecule has 0 saturated heterocycles. The molecule has 1 nitrogen and oxygen atoms in total. The fourth-order valence-electron chi connectivity index (χ4n) is 2.25. The Morgan fingerprint density at radius 2 is 1.69 bits per heavy atom. The highest BCUT2D eigenvalue weighted by Crippen LogP contribution is 2.29. The number of nitrogens with one attached hydrogen (secondary N) is 1. The number of anilines is 1. The SMILES string of the molecule is Brc1ccc(NC2CCCCCC2)c(Br)c1. The van der Waals surface area contributed by atoms with Gasteiger partial charge in [-0.25, -0.2) is 0 Å². The summed E-state index contributed by atoms with van der Waals surface area (Å²) in [5.74, 6) is 0. The number of hydrogen-bond acceptors (Lipinski definition) is 1.